The van der Waals surface area contributed by atoms with Gasteiger partial charge in [0.1, 0.15) is 11.6 Å². The minimum absolute atomic E-state index is 0.0224. The Morgan fingerprint density at radius 3 is 2.74 bits per heavy atom. The Bertz CT molecular complexity index is 579. The molecular weight excluding hydrogens is 248 g/mol. The summed E-state index contributed by atoms with van der Waals surface area (Å²) in [6.07, 6.45) is 0. The molecule has 2 rings (SSSR count). The van der Waals surface area contributed by atoms with Crippen LogP contribution in [-0.4, -0.2) is 42.4 Å². The molecule has 1 aromatic rings. The molecule has 7 nitrogen and oxygen atoms in total. The number of rotatable bonds is 2. The standard InChI is InChI=1S/C12H12N4O3/c1-14-4-5-15(8-12(14)17)10-3-2-9(7-13)11(6-10)16(18)19/h2-3,6H,4-5,8H2,1H3. The number of nitriles is 1. The van der Waals surface area contributed by atoms with Crippen LogP contribution in [-0.2, 0) is 4.79 Å². The van der Waals surface area contributed by atoms with Crippen molar-refractivity contribution in [2.75, 3.05) is 31.6 Å². The van der Waals surface area contributed by atoms with E-state index in [1.807, 2.05) is 0 Å². The summed E-state index contributed by atoms with van der Waals surface area (Å²) in [7, 11) is 1.72. The molecule has 7 heteroatoms. The van der Waals surface area contributed by atoms with Crippen molar-refractivity contribution in [2.24, 2.45) is 0 Å². The van der Waals surface area contributed by atoms with Crippen LogP contribution < -0.4 is 4.90 Å². The van der Waals surface area contributed by atoms with Gasteiger partial charge in [0.15, 0.2) is 0 Å². The maximum atomic E-state index is 11.6. The average molecular weight is 260 g/mol. The average Bonchev–Trinajstić information content (AvgIpc) is 2.41. The van der Waals surface area contributed by atoms with Crippen LogP contribution in [0.25, 0.3) is 0 Å². The van der Waals surface area contributed by atoms with E-state index in [1.54, 1.807) is 29.0 Å². The van der Waals surface area contributed by atoms with E-state index < -0.39 is 4.92 Å². The second-order valence-electron chi connectivity index (χ2n) is 4.31. The van der Waals surface area contributed by atoms with Gasteiger partial charge in [-0.3, -0.25) is 14.9 Å². The highest BCUT2D eigenvalue weighted by molar-refractivity contribution is 5.82. The van der Waals surface area contributed by atoms with E-state index >= 15 is 0 Å². The number of hydrogen-bond acceptors (Lipinski definition) is 5. The highest BCUT2D eigenvalue weighted by Gasteiger charge is 2.23. The fourth-order valence-electron chi connectivity index (χ4n) is 1.94. The minimum atomic E-state index is -0.583. The summed E-state index contributed by atoms with van der Waals surface area (Å²) in [5.41, 5.74) is 0.382. The molecule has 0 atom stereocenters. The summed E-state index contributed by atoms with van der Waals surface area (Å²) in [6, 6.07) is 6.17. The lowest BCUT2D eigenvalue weighted by Gasteiger charge is -2.33. The minimum Gasteiger partial charge on any atom is -0.360 e. The Morgan fingerprint density at radius 1 is 1.42 bits per heavy atom. The van der Waals surface area contributed by atoms with Crippen molar-refractivity contribution < 1.29 is 9.72 Å². The summed E-state index contributed by atoms with van der Waals surface area (Å²) in [5, 5.41) is 19.7. The fraction of sp³-hybridized carbons (Fsp3) is 0.333. The van der Waals surface area contributed by atoms with Gasteiger partial charge in [-0.1, -0.05) is 0 Å². The first-order chi connectivity index (χ1) is 9.02. The zero-order valence-electron chi connectivity index (χ0n) is 10.4. The Hall–Kier alpha value is -2.62. The molecule has 0 spiro atoms. The summed E-state index contributed by atoms with van der Waals surface area (Å²) in [4.78, 5) is 25.3. The van der Waals surface area contributed by atoms with Crippen LogP contribution in [0.1, 0.15) is 5.56 Å². The van der Waals surface area contributed by atoms with Crippen LogP contribution in [0.5, 0.6) is 0 Å². The smallest absolute Gasteiger partial charge is 0.289 e. The first-order valence-corrected chi connectivity index (χ1v) is 5.70. The summed E-state index contributed by atoms with van der Waals surface area (Å²) >= 11 is 0. The number of hydrogen-bond donors (Lipinski definition) is 0. The quantitative estimate of drug-likeness (QED) is 0.578. The first-order valence-electron chi connectivity index (χ1n) is 5.70. The number of nitro benzene ring substituents is 1. The number of benzene rings is 1. The van der Waals surface area contributed by atoms with Crippen molar-refractivity contribution in [3.05, 3.63) is 33.9 Å². The van der Waals surface area contributed by atoms with E-state index in [4.69, 9.17) is 5.26 Å². The van der Waals surface area contributed by atoms with Gasteiger partial charge in [0.05, 0.1) is 11.5 Å². The highest BCUT2D eigenvalue weighted by Crippen LogP contribution is 2.25. The van der Waals surface area contributed by atoms with Crippen molar-refractivity contribution in [3.8, 4) is 6.07 Å². The number of nitro groups is 1. The van der Waals surface area contributed by atoms with Gasteiger partial charge < -0.3 is 9.80 Å². The molecule has 0 aliphatic carbocycles. The van der Waals surface area contributed by atoms with Gasteiger partial charge in [0.2, 0.25) is 5.91 Å². The first kappa shape index (κ1) is 12.8. The fourth-order valence-corrected chi connectivity index (χ4v) is 1.94. The van der Waals surface area contributed by atoms with Crippen LogP contribution in [0.15, 0.2) is 18.2 Å². The Kier molecular flexibility index (Phi) is 3.33. The van der Waals surface area contributed by atoms with E-state index in [9.17, 15) is 14.9 Å². The topological polar surface area (TPSA) is 90.5 Å². The Morgan fingerprint density at radius 2 is 2.16 bits per heavy atom. The maximum absolute atomic E-state index is 11.6. The zero-order chi connectivity index (χ0) is 14.0. The van der Waals surface area contributed by atoms with Crippen LogP contribution in [0.3, 0.4) is 0 Å². The second kappa shape index (κ2) is 4.94. The van der Waals surface area contributed by atoms with Crippen molar-refractivity contribution in [1.29, 1.82) is 5.26 Å². The van der Waals surface area contributed by atoms with E-state index in [-0.39, 0.29) is 23.7 Å². The Balaban J connectivity index is 2.32. The maximum Gasteiger partial charge on any atom is 0.289 e. The van der Waals surface area contributed by atoms with E-state index in [0.29, 0.717) is 18.8 Å². The lowest BCUT2D eigenvalue weighted by Crippen LogP contribution is -2.48. The third kappa shape index (κ3) is 2.47. The van der Waals surface area contributed by atoms with Crippen LogP contribution >= 0.6 is 0 Å². The number of carbonyl (C=O) groups is 1. The second-order valence-corrected chi connectivity index (χ2v) is 4.31. The van der Waals surface area contributed by atoms with Crippen LogP contribution in [0.2, 0.25) is 0 Å². The molecule has 1 aliphatic heterocycles. The van der Waals surface area contributed by atoms with Gasteiger partial charge in [0.25, 0.3) is 5.69 Å². The monoisotopic (exact) mass is 260 g/mol. The third-order valence-corrected chi connectivity index (χ3v) is 3.12. The largest absolute Gasteiger partial charge is 0.360 e. The highest BCUT2D eigenvalue weighted by atomic mass is 16.6. The lowest BCUT2D eigenvalue weighted by molar-refractivity contribution is -0.385. The van der Waals surface area contributed by atoms with Crippen LogP contribution in [0.4, 0.5) is 11.4 Å². The van der Waals surface area contributed by atoms with Gasteiger partial charge in [-0.05, 0) is 12.1 Å². The molecule has 1 aliphatic rings. The molecule has 98 valence electrons. The van der Waals surface area contributed by atoms with Crippen molar-refractivity contribution in [3.63, 3.8) is 0 Å². The predicted molar refractivity (Wildman–Crippen MR) is 67.7 cm³/mol. The van der Waals surface area contributed by atoms with Gasteiger partial charge in [0, 0.05) is 31.9 Å². The van der Waals surface area contributed by atoms with Gasteiger partial charge >= 0.3 is 0 Å². The van der Waals surface area contributed by atoms with E-state index in [0.717, 1.165) is 0 Å². The molecule has 19 heavy (non-hydrogen) atoms. The molecule has 0 bridgehead atoms. The van der Waals surface area contributed by atoms with Crippen LogP contribution in [0, 0.1) is 21.4 Å². The molecule has 0 aromatic heterocycles. The van der Waals surface area contributed by atoms with Crippen molar-refractivity contribution in [2.45, 2.75) is 0 Å². The number of piperazine rings is 1. The molecule has 1 saturated heterocycles. The molecule has 1 heterocycles. The van der Waals surface area contributed by atoms with Crippen molar-refractivity contribution >= 4 is 17.3 Å². The molecule has 0 unspecified atom stereocenters. The number of likely N-dealkylation sites (N-methyl/N-ethyl adjacent to an activating group) is 1. The lowest BCUT2D eigenvalue weighted by atomic mass is 10.1. The van der Waals surface area contributed by atoms with Gasteiger partial charge in [-0.25, -0.2) is 0 Å². The van der Waals surface area contributed by atoms with Gasteiger partial charge in [-0.2, -0.15) is 5.26 Å². The predicted octanol–water partition coefficient (Wildman–Crippen LogP) is 0.745. The SMILES string of the molecule is CN1CCN(c2ccc(C#N)c([N+](=O)[O-])c2)CC1=O. The summed E-state index contributed by atoms with van der Waals surface area (Å²) in [6.45, 7) is 1.39. The number of anilines is 1. The summed E-state index contributed by atoms with van der Waals surface area (Å²) in [5.74, 6) is -0.0294. The van der Waals surface area contributed by atoms with E-state index in [1.165, 1.54) is 12.1 Å². The molecule has 0 saturated carbocycles. The molecule has 1 aromatic carbocycles. The van der Waals surface area contributed by atoms with E-state index in [2.05, 4.69) is 0 Å². The molecule has 1 fully saturated rings. The molecular formula is C12H12N4O3. The zero-order valence-corrected chi connectivity index (χ0v) is 10.4. The third-order valence-electron chi connectivity index (χ3n) is 3.12. The normalized spacial score (nSPS) is 15.3. The summed E-state index contributed by atoms with van der Waals surface area (Å²) < 4.78 is 0. The molecule has 0 radical (unpaired) electrons. The number of carbonyl (C=O) groups excluding carboxylic acids is 1. The Labute approximate surface area is 109 Å². The number of nitrogens with zero attached hydrogens (tertiary/aromatic N) is 4. The molecule has 0 N–H and O–H groups in total. The van der Waals surface area contributed by atoms with Crippen molar-refractivity contribution in [1.82, 2.24) is 4.90 Å². The molecule has 1 amide bonds. The number of amides is 1. The van der Waals surface area contributed by atoms with Gasteiger partial charge in [-0.15, -0.1) is 0 Å².